The van der Waals surface area contributed by atoms with Crippen molar-refractivity contribution in [3.63, 3.8) is 0 Å². The monoisotopic (exact) mass is 158 g/mol. The van der Waals surface area contributed by atoms with Crippen molar-refractivity contribution in [2.75, 3.05) is 5.88 Å². The number of hydrogen-bond acceptors (Lipinski definition) is 0. The molecule has 0 aliphatic heterocycles. The summed E-state index contributed by atoms with van der Waals surface area (Å²) in [6.45, 7) is 2.12. The number of alkyl halides is 1. The molecule has 1 rings (SSSR count). The summed E-state index contributed by atoms with van der Waals surface area (Å²) in [6, 6.07) is 0. The van der Waals surface area contributed by atoms with E-state index in [2.05, 4.69) is 13.0 Å². The topological polar surface area (TPSA) is 0 Å². The van der Waals surface area contributed by atoms with Gasteiger partial charge in [0.2, 0.25) is 0 Å². The molecule has 0 aromatic heterocycles. The molecule has 0 saturated heterocycles. The second-order valence-electron chi connectivity index (χ2n) is 3.19. The lowest BCUT2D eigenvalue weighted by Crippen LogP contribution is -1.89. The van der Waals surface area contributed by atoms with Crippen LogP contribution in [-0.2, 0) is 0 Å². The van der Waals surface area contributed by atoms with Crippen LogP contribution in [-0.4, -0.2) is 5.88 Å². The Morgan fingerprint density at radius 3 is 2.60 bits per heavy atom. The second-order valence-corrected chi connectivity index (χ2v) is 3.46. The van der Waals surface area contributed by atoms with Gasteiger partial charge in [-0.25, -0.2) is 0 Å². The van der Waals surface area contributed by atoms with E-state index < -0.39 is 0 Å². The van der Waals surface area contributed by atoms with Gasteiger partial charge in [0.05, 0.1) is 0 Å². The minimum Gasteiger partial charge on any atom is -0.122 e. The van der Waals surface area contributed by atoms with Gasteiger partial charge in [-0.15, -0.1) is 11.6 Å². The largest absolute Gasteiger partial charge is 0.122 e. The first-order chi connectivity index (χ1) is 4.83. The average Bonchev–Trinajstić information content (AvgIpc) is 2.40. The van der Waals surface area contributed by atoms with Crippen LogP contribution in [0.15, 0.2) is 11.6 Å². The van der Waals surface area contributed by atoms with Gasteiger partial charge in [0.1, 0.15) is 0 Å². The quantitative estimate of drug-likeness (QED) is 0.427. The molecule has 0 unspecified atom stereocenters. The molecule has 0 heterocycles. The van der Waals surface area contributed by atoms with Crippen molar-refractivity contribution in [3.8, 4) is 0 Å². The number of allylic oxidation sites excluding steroid dienone is 2. The van der Waals surface area contributed by atoms with Gasteiger partial charge in [-0.05, 0) is 25.7 Å². The third-order valence-electron chi connectivity index (χ3n) is 2.13. The number of halogens is 1. The zero-order valence-electron chi connectivity index (χ0n) is 6.57. The maximum atomic E-state index is 5.66. The maximum Gasteiger partial charge on any atom is 0.0430 e. The average molecular weight is 159 g/mol. The maximum absolute atomic E-state index is 5.66. The molecule has 0 nitrogen and oxygen atoms in total. The van der Waals surface area contributed by atoms with E-state index >= 15 is 0 Å². The van der Waals surface area contributed by atoms with Crippen molar-refractivity contribution in [2.45, 2.75) is 32.6 Å². The molecule has 0 amide bonds. The Morgan fingerprint density at radius 1 is 1.50 bits per heavy atom. The summed E-state index contributed by atoms with van der Waals surface area (Å²) in [7, 11) is 0. The van der Waals surface area contributed by atoms with Crippen LogP contribution in [0.4, 0.5) is 0 Å². The molecule has 10 heavy (non-hydrogen) atoms. The van der Waals surface area contributed by atoms with Gasteiger partial charge in [-0.2, -0.15) is 0 Å². The molecular weight excluding hydrogens is 144 g/mol. The van der Waals surface area contributed by atoms with Crippen molar-refractivity contribution < 1.29 is 0 Å². The second kappa shape index (κ2) is 4.02. The summed E-state index contributed by atoms with van der Waals surface area (Å²) in [6.07, 6.45) is 7.94. The van der Waals surface area contributed by atoms with Gasteiger partial charge >= 0.3 is 0 Å². The van der Waals surface area contributed by atoms with E-state index in [1.54, 1.807) is 0 Å². The van der Waals surface area contributed by atoms with Gasteiger partial charge in [-0.3, -0.25) is 0 Å². The SMILES string of the molecule is CC(=CC1CCCC1)CCl. The fourth-order valence-electron chi connectivity index (χ4n) is 1.57. The first kappa shape index (κ1) is 8.13. The first-order valence-corrected chi connectivity index (χ1v) is 4.59. The van der Waals surface area contributed by atoms with Crippen LogP contribution in [0.25, 0.3) is 0 Å². The zero-order valence-corrected chi connectivity index (χ0v) is 7.32. The Hall–Kier alpha value is 0.0300. The minimum atomic E-state index is 0.705. The fraction of sp³-hybridized carbons (Fsp3) is 0.778. The van der Waals surface area contributed by atoms with Gasteiger partial charge < -0.3 is 0 Å². The van der Waals surface area contributed by atoms with E-state index in [4.69, 9.17) is 11.6 Å². The van der Waals surface area contributed by atoms with Crippen LogP contribution in [0.5, 0.6) is 0 Å². The molecule has 0 aromatic rings. The van der Waals surface area contributed by atoms with Gasteiger partial charge in [0.15, 0.2) is 0 Å². The summed E-state index contributed by atoms with van der Waals surface area (Å²) < 4.78 is 0. The lowest BCUT2D eigenvalue weighted by atomic mass is 10.1. The van der Waals surface area contributed by atoms with E-state index in [0.717, 1.165) is 5.92 Å². The molecule has 1 heteroatoms. The molecule has 0 radical (unpaired) electrons. The Kier molecular flexibility index (Phi) is 3.27. The molecule has 0 atom stereocenters. The standard InChI is InChI=1S/C9H15Cl/c1-8(7-10)6-9-4-2-3-5-9/h6,9H,2-5,7H2,1H3. The third kappa shape index (κ3) is 2.34. The Bertz CT molecular complexity index is 121. The zero-order chi connectivity index (χ0) is 7.40. The van der Waals surface area contributed by atoms with Gasteiger partial charge in [0.25, 0.3) is 0 Å². The fourth-order valence-corrected chi connectivity index (χ4v) is 1.66. The number of rotatable bonds is 2. The summed E-state index contributed by atoms with van der Waals surface area (Å²) in [5, 5.41) is 0. The van der Waals surface area contributed by atoms with Crippen LogP contribution < -0.4 is 0 Å². The molecule has 1 aliphatic carbocycles. The Morgan fingerprint density at radius 2 is 2.10 bits per heavy atom. The van der Waals surface area contributed by atoms with Crippen molar-refractivity contribution in [2.24, 2.45) is 5.92 Å². The van der Waals surface area contributed by atoms with E-state index in [9.17, 15) is 0 Å². The molecule has 58 valence electrons. The lowest BCUT2D eigenvalue weighted by molar-refractivity contribution is 0.680. The predicted octanol–water partition coefficient (Wildman–Crippen LogP) is 3.36. The molecular formula is C9H15Cl. The predicted molar refractivity (Wildman–Crippen MR) is 46.4 cm³/mol. The van der Waals surface area contributed by atoms with E-state index in [1.807, 2.05) is 0 Å². The molecule has 1 saturated carbocycles. The Labute approximate surface area is 68.3 Å². The van der Waals surface area contributed by atoms with Gasteiger partial charge in [0, 0.05) is 5.88 Å². The summed E-state index contributed by atoms with van der Waals surface area (Å²) in [5.41, 5.74) is 1.34. The molecule has 1 fully saturated rings. The van der Waals surface area contributed by atoms with Crippen molar-refractivity contribution in [1.82, 2.24) is 0 Å². The molecule has 0 N–H and O–H groups in total. The van der Waals surface area contributed by atoms with E-state index in [1.165, 1.54) is 31.3 Å². The van der Waals surface area contributed by atoms with Crippen LogP contribution in [0, 0.1) is 5.92 Å². The van der Waals surface area contributed by atoms with E-state index in [0.29, 0.717) is 5.88 Å². The summed E-state index contributed by atoms with van der Waals surface area (Å²) in [4.78, 5) is 0. The van der Waals surface area contributed by atoms with Gasteiger partial charge in [-0.1, -0.05) is 24.5 Å². The van der Waals surface area contributed by atoms with E-state index in [-0.39, 0.29) is 0 Å². The van der Waals surface area contributed by atoms with Crippen LogP contribution in [0.2, 0.25) is 0 Å². The van der Waals surface area contributed by atoms with Crippen molar-refractivity contribution in [3.05, 3.63) is 11.6 Å². The smallest absolute Gasteiger partial charge is 0.0430 e. The molecule has 0 aromatic carbocycles. The summed E-state index contributed by atoms with van der Waals surface area (Å²) >= 11 is 5.66. The van der Waals surface area contributed by atoms with Crippen molar-refractivity contribution >= 4 is 11.6 Å². The summed E-state index contributed by atoms with van der Waals surface area (Å²) in [5.74, 6) is 1.55. The highest BCUT2D eigenvalue weighted by Gasteiger charge is 2.11. The number of hydrogen-bond donors (Lipinski definition) is 0. The minimum absolute atomic E-state index is 0.705. The highest BCUT2D eigenvalue weighted by atomic mass is 35.5. The molecule has 0 spiro atoms. The highest BCUT2D eigenvalue weighted by Crippen LogP contribution is 2.26. The lowest BCUT2D eigenvalue weighted by Gasteiger charge is -2.01. The highest BCUT2D eigenvalue weighted by molar-refractivity contribution is 6.19. The molecule has 0 bridgehead atoms. The normalized spacial score (nSPS) is 22.0. The third-order valence-corrected chi connectivity index (χ3v) is 2.55. The van der Waals surface area contributed by atoms with Crippen molar-refractivity contribution in [1.29, 1.82) is 0 Å². The van der Waals surface area contributed by atoms with Crippen LogP contribution >= 0.6 is 11.6 Å². The molecule has 1 aliphatic rings. The first-order valence-electron chi connectivity index (χ1n) is 4.06. The van der Waals surface area contributed by atoms with Crippen LogP contribution in [0.1, 0.15) is 32.6 Å². The van der Waals surface area contributed by atoms with Crippen LogP contribution in [0.3, 0.4) is 0 Å². The Balaban J connectivity index is 2.34.